The van der Waals surface area contributed by atoms with Gasteiger partial charge < -0.3 is 5.32 Å². The number of carbonyl (C=O) groups excluding carboxylic acids is 1. The number of carbonyl (C=O) groups is 1. The van der Waals surface area contributed by atoms with Crippen molar-refractivity contribution >= 4 is 33.4 Å². The van der Waals surface area contributed by atoms with E-state index in [1.807, 2.05) is 19.9 Å². The molecular weight excluding hydrogens is 434 g/mol. The van der Waals surface area contributed by atoms with Gasteiger partial charge in [0.15, 0.2) is 5.82 Å². The molecule has 0 saturated heterocycles. The number of amides is 1. The second-order valence-electron chi connectivity index (χ2n) is 5.97. The molecule has 3 aromatic rings. The summed E-state index contributed by atoms with van der Waals surface area (Å²) in [7, 11) is 0. The maximum absolute atomic E-state index is 12.3. The summed E-state index contributed by atoms with van der Waals surface area (Å²) in [5.74, 6) is 0.227. The highest BCUT2D eigenvalue weighted by molar-refractivity contribution is 9.10. The number of aryl methyl sites for hydroxylation is 2. The molecular formula is C18H17BrClN5O2. The first kappa shape index (κ1) is 19.3. The van der Waals surface area contributed by atoms with E-state index in [0.717, 1.165) is 15.9 Å². The zero-order chi connectivity index (χ0) is 19.6. The van der Waals surface area contributed by atoms with Gasteiger partial charge in [-0.05, 0) is 44.2 Å². The third-order valence-electron chi connectivity index (χ3n) is 3.86. The van der Waals surface area contributed by atoms with Crippen LogP contribution in [0, 0.1) is 13.8 Å². The van der Waals surface area contributed by atoms with Crippen molar-refractivity contribution in [2.75, 3.05) is 6.54 Å². The zero-order valence-corrected chi connectivity index (χ0v) is 17.1. The van der Waals surface area contributed by atoms with Crippen molar-refractivity contribution < 1.29 is 4.79 Å². The van der Waals surface area contributed by atoms with Crippen LogP contribution < -0.4 is 10.9 Å². The number of hydrogen-bond donors (Lipinski definition) is 1. The van der Waals surface area contributed by atoms with Crippen LogP contribution in [0.25, 0.3) is 5.82 Å². The Kier molecular flexibility index (Phi) is 5.76. The molecule has 0 radical (unpaired) electrons. The van der Waals surface area contributed by atoms with E-state index in [-0.39, 0.29) is 24.6 Å². The lowest BCUT2D eigenvalue weighted by Gasteiger charge is -2.10. The summed E-state index contributed by atoms with van der Waals surface area (Å²) in [6.45, 7) is 4.26. The highest BCUT2D eigenvalue weighted by atomic mass is 79.9. The average molecular weight is 451 g/mol. The fourth-order valence-electron chi connectivity index (χ4n) is 2.61. The molecule has 0 aliphatic carbocycles. The Balaban J connectivity index is 1.72. The topological polar surface area (TPSA) is 81.8 Å². The molecule has 1 N–H and O–H groups in total. The number of halogens is 2. The SMILES string of the molecule is Cc1cc(C)n(-c2ccc(=O)n(CCNC(=O)c3cc(Br)ccc3Cl)n2)n1. The summed E-state index contributed by atoms with van der Waals surface area (Å²) in [4.78, 5) is 24.4. The molecule has 3 rings (SSSR count). The van der Waals surface area contributed by atoms with E-state index in [9.17, 15) is 9.59 Å². The molecule has 0 atom stereocenters. The van der Waals surface area contributed by atoms with Crippen molar-refractivity contribution in [1.82, 2.24) is 24.9 Å². The molecule has 0 aliphatic heterocycles. The van der Waals surface area contributed by atoms with Gasteiger partial charge in [-0.2, -0.15) is 5.10 Å². The minimum absolute atomic E-state index is 0.226. The van der Waals surface area contributed by atoms with Gasteiger partial charge in [0.25, 0.3) is 11.5 Å². The third-order valence-corrected chi connectivity index (χ3v) is 4.68. The van der Waals surface area contributed by atoms with Gasteiger partial charge in [-0.25, -0.2) is 9.36 Å². The zero-order valence-electron chi connectivity index (χ0n) is 14.7. The van der Waals surface area contributed by atoms with Gasteiger partial charge in [0.2, 0.25) is 0 Å². The molecule has 2 aromatic heterocycles. The van der Waals surface area contributed by atoms with E-state index < -0.39 is 0 Å². The number of hydrogen-bond acceptors (Lipinski definition) is 4. The summed E-state index contributed by atoms with van der Waals surface area (Å²) >= 11 is 9.37. The number of aromatic nitrogens is 4. The summed E-state index contributed by atoms with van der Waals surface area (Å²) in [5, 5.41) is 11.8. The molecule has 0 saturated carbocycles. The standard InChI is InChI=1S/C18H17BrClN5O2/c1-11-9-12(2)25(22-11)16-5-6-17(26)24(23-16)8-7-21-18(27)14-10-13(19)3-4-15(14)20/h3-6,9-10H,7-8H2,1-2H3,(H,21,27). The van der Waals surface area contributed by atoms with Gasteiger partial charge in [0.1, 0.15) is 0 Å². The van der Waals surface area contributed by atoms with E-state index in [4.69, 9.17) is 11.6 Å². The summed E-state index contributed by atoms with van der Waals surface area (Å²) in [6.07, 6.45) is 0. The van der Waals surface area contributed by atoms with Crippen molar-refractivity contribution in [3.8, 4) is 5.82 Å². The van der Waals surface area contributed by atoms with Gasteiger partial charge in [0.05, 0.1) is 22.8 Å². The Bertz CT molecular complexity index is 1060. The van der Waals surface area contributed by atoms with Gasteiger partial charge in [-0.1, -0.05) is 27.5 Å². The highest BCUT2D eigenvalue weighted by Crippen LogP contribution is 2.20. The van der Waals surface area contributed by atoms with Crippen LogP contribution in [0.2, 0.25) is 5.02 Å². The van der Waals surface area contributed by atoms with Crippen LogP contribution in [0.1, 0.15) is 21.7 Å². The minimum atomic E-state index is -0.316. The van der Waals surface area contributed by atoms with Crippen LogP contribution >= 0.6 is 27.5 Å². The number of rotatable bonds is 5. The first-order valence-electron chi connectivity index (χ1n) is 8.20. The fourth-order valence-corrected chi connectivity index (χ4v) is 3.18. The lowest BCUT2D eigenvalue weighted by molar-refractivity contribution is 0.0952. The predicted molar refractivity (Wildman–Crippen MR) is 107 cm³/mol. The van der Waals surface area contributed by atoms with Crippen LogP contribution in [0.4, 0.5) is 0 Å². The molecule has 27 heavy (non-hydrogen) atoms. The largest absolute Gasteiger partial charge is 0.350 e. The molecule has 0 fully saturated rings. The Labute approximate surface area is 169 Å². The first-order chi connectivity index (χ1) is 12.8. The average Bonchev–Trinajstić information content (AvgIpc) is 2.96. The number of benzene rings is 1. The Morgan fingerprint density at radius 2 is 1.96 bits per heavy atom. The molecule has 0 bridgehead atoms. The summed E-state index contributed by atoms with van der Waals surface area (Å²) in [6, 6.07) is 10.0. The second kappa shape index (κ2) is 8.06. The predicted octanol–water partition coefficient (Wildman–Crippen LogP) is 2.89. The molecule has 0 aliphatic rings. The molecule has 0 unspecified atom stereocenters. The van der Waals surface area contributed by atoms with Crippen molar-refractivity contribution in [1.29, 1.82) is 0 Å². The summed E-state index contributed by atoms with van der Waals surface area (Å²) < 4.78 is 3.73. The number of nitrogens with one attached hydrogen (secondary N) is 1. The monoisotopic (exact) mass is 449 g/mol. The Hall–Kier alpha value is -2.45. The lowest BCUT2D eigenvalue weighted by atomic mass is 10.2. The fraction of sp³-hybridized carbons (Fsp3) is 0.222. The molecule has 1 amide bonds. The van der Waals surface area contributed by atoms with Crippen molar-refractivity contribution in [3.63, 3.8) is 0 Å². The van der Waals surface area contributed by atoms with Gasteiger partial charge in [-0.15, -0.1) is 5.10 Å². The Morgan fingerprint density at radius 1 is 1.19 bits per heavy atom. The molecule has 9 heteroatoms. The smallest absolute Gasteiger partial charge is 0.266 e. The van der Waals surface area contributed by atoms with Crippen molar-refractivity contribution in [3.05, 3.63) is 73.2 Å². The van der Waals surface area contributed by atoms with Crippen molar-refractivity contribution in [2.24, 2.45) is 0 Å². The molecule has 2 heterocycles. The first-order valence-corrected chi connectivity index (χ1v) is 9.37. The lowest BCUT2D eigenvalue weighted by Crippen LogP contribution is -2.32. The number of nitrogens with zero attached hydrogens (tertiary/aromatic N) is 4. The molecule has 7 nitrogen and oxygen atoms in total. The minimum Gasteiger partial charge on any atom is -0.350 e. The quantitative estimate of drug-likeness (QED) is 0.648. The van der Waals surface area contributed by atoms with Crippen LogP contribution in [-0.2, 0) is 6.54 Å². The normalized spacial score (nSPS) is 10.8. The molecule has 1 aromatic carbocycles. The van der Waals surface area contributed by atoms with E-state index in [1.54, 1.807) is 28.9 Å². The van der Waals surface area contributed by atoms with Crippen LogP contribution in [0.15, 0.2) is 45.7 Å². The van der Waals surface area contributed by atoms with Crippen LogP contribution in [0.3, 0.4) is 0 Å². The van der Waals surface area contributed by atoms with Gasteiger partial charge in [-0.3, -0.25) is 9.59 Å². The maximum Gasteiger partial charge on any atom is 0.266 e. The molecule has 140 valence electrons. The highest BCUT2D eigenvalue weighted by Gasteiger charge is 2.11. The van der Waals surface area contributed by atoms with E-state index in [2.05, 4.69) is 31.4 Å². The third kappa shape index (κ3) is 4.45. The van der Waals surface area contributed by atoms with Crippen LogP contribution in [0.5, 0.6) is 0 Å². The Morgan fingerprint density at radius 3 is 2.67 bits per heavy atom. The van der Waals surface area contributed by atoms with Crippen molar-refractivity contribution in [2.45, 2.75) is 20.4 Å². The van der Waals surface area contributed by atoms with Crippen LogP contribution in [-0.4, -0.2) is 32.0 Å². The maximum atomic E-state index is 12.3. The van der Waals surface area contributed by atoms with Gasteiger partial charge in [0, 0.05) is 22.8 Å². The van der Waals surface area contributed by atoms with E-state index in [1.165, 1.54) is 10.7 Å². The molecule has 0 spiro atoms. The summed E-state index contributed by atoms with van der Waals surface area (Å²) in [5.41, 5.74) is 1.89. The van der Waals surface area contributed by atoms with E-state index in [0.29, 0.717) is 16.4 Å². The van der Waals surface area contributed by atoms with Gasteiger partial charge >= 0.3 is 0 Å². The second-order valence-corrected chi connectivity index (χ2v) is 7.29. The van der Waals surface area contributed by atoms with E-state index >= 15 is 0 Å².